The smallest absolute Gasteiger partial charge is 0.262 e. The fourth-order valence-electron chi connectivity index (χ4n) is 4.14. The Kier molecular flexibility index (Phi) is 6.34. The van der Waals surface area contributed by atoms with E-state index in [0.717, 1.165) is 39.4 Å². The van der Waals surface area contributed by atoms with Gasteiger partial charge in [-0.05, 0) is 42.5 Å². The molecule has 1 N–H and O–H groups in total. The van der Waals surface area contributed by atoms with Gasteiger partial charge in [0, 0.05) is 18.5 Å². The summed E-state index contributed by atoms with van der Waals surface area (Å²) in [6.45, 7) is 3.97. The maximum absolute atomic E-state index is 12.7. The summed E-state index contributed by atoms with van der Waals surface area (Å²) in [5.41, 5.74) is 4.99. The van der Waals surface area contributed by atoms with Gasteiger partial charge in [0.1, 0.15) is 5.25 Å². The normalized spacial score (nSPS) is 19.8. The standard InChI is InChI=1S/C26H24N4O2S2/c1-16-10-11-19(17(2)13-16)27-24(31)15-23-25(32)28-26(34-23)30-21(18-7-4-3-5-8-18)14-20(29-30)22-9-6-12-33-22/h3-13,21,23H,14-15H2,1-2H3,(H,27,31)/t21-,23-/m0/s1. The lowest BCUT2D eigenvalue weighted by atomic mass is 10.0. The Morgan fingerprint density at radius 3 is 2.68 bits per heavy atom. The minimum Gasteiger partial charge on any atom is -0.326 e. The average Bonchev–Trinajstić information content (AvgIpc) is 3.57. The van der Waals surface area contributed by atoms with Gasteiger partial charge in [-0.2, -0.15) is 10.1 Å². The van der Waals surface area contributed by atoms with Gasteiger partial charge in [0.25, 0.3) is 5.91 Å². The number of benzene rings is 2. The Labute approximate surface area is 206 Å². The lowest BCUT2D eigenvalue weighted by Crippen LogP contribution is -2.25. The highest BCUT2D eigenvalue weighted by atomic mass is 32.2. The van der Waals surface area contributed by atoms with Gasteiger partial charge in [-0.1, -0.05) is 65.9 Å². The molecule has 6 nitrogen and oxygen atoms in total. The number of nitrogens with zero attached hydrogens (tertiary/aromatic N) is 3. The number of anilines is 1. The molecule has 3 aromatic rings. The molecule has 2 amide bonds. The third-order valence-corrected chi connectivity index (χ3v) is 7.91. The Balaban J connectivity index is 1.32. The fourth-order valence-corrected chi connectivity index (χ4v) is 5.92. The van der Waals surface area contributed by atoms with Gasteiger partial charge >= 0.3 is 0 Å². The number of amides is 2. The van der Waals surface area contributed by atoms with Crippen molar-refractivity contribution in [2.45, 2.75) is 38.0 Å². The van der Waals surface area contributed by atoms with Crippen LogP contribution in [0.2, 0.25) is 0 Å². The molecule has 2 atom stereocenters. The first-order valence-electron chi connectivity index (χ1n) is 11.1. The van der Waals surface area contributed by atoms with Crippen molar-refractivity contribution in [3.8, 4) is 0 Å². The molecule has 0 saturated heterocycles. The first-order valence-corrected chi connectivity index (χ1v) is 12.9. The third-order valence-electron chi connectivity index (χ3n) is 5.85. The second-order valence-electron chi connectivity index (χ2n) is 8.41. The van der Waals surface area contributed by atoms with E-state index in [9.17, 15) is 9.59 Å². The highest BCUT2D eigenvalue weighted by molar-refractivity contribution is 8.15. The van der Waals surface area contributed by atoms with Gasteiger partial charge in [-0.25, -0.2) is 5.01 Å². The van der Waals surface area contributed by atoms with Crippen LogP contribution in [0.15, 0.2) is 76.1 Å². The van der Waals surface area contributed by atoms with E-state index >= 15 is 0 Å². The van der Waals surface area contributed by atoms with E-state index in [-0.39, 0.29) is 24.3 Å². The second kappa shape index (κ2) is 9.56. The molecule has 5 rings (SSSR count). The number of carbonyl (C=O) groups excluding carboxylic acids is 2. The molecule has 0 saturated carbocycles. The van der Waals surface area contributed by atoms with E-state index in [2.05, 4.69) is 28.5 Å². The molecule has 172 valence electrons. The Bertz CT molecular complexity index is 1290. The molecule has 0 radical (unpaired) electrons. The van der Waals surface area contributed by atoms with Crippen molar-refractivity contribution in [2.75, 3.05) is 5.32 Å². The maximum atomic E-state index is 12.7. The molecule has 0 spiro atoms. The van der Waals surface area contributed by atoms with E-state index in [1.807, 2.05) is 66.7 Å². The lowest BCUT2D eigenvalue weighted by Gasteiger charge is -2.23. The molecular formula is C26H24N4O2S2. The topological polar surface area (TPSA) is 74.1 Å². The number of nitrogens with one attached hydrogen (secondary N) is 1. The highest BCUT2D eigenvalue weighted by Crippen LogP contribution is 2.39. The molecule has 34 heavy (non-hydrogen) atoms. The zero-order chi connectivity index (χ0) is 23.7. The van der Waals surface area contributed by atoms with Crippen molar-refractivity contribution < 1.29 is 9.59 Å². The van der Waals surface area contributed by atoms with Crippen LogP contribution in [0.4, 0.5) is 5.69 Å². The number of hydrogen-bond donors (Lipinski definition) is 1. The minimum absolute atomic E-state index is 0.0415. The van der Waals surface area contributed by atoms with Crippen LogP contribution in [0, 0.1) is 13.8 Å². The number of hydrogen-bond acceptors (Lipinski definition) is 6. The molecule has 8 heteroatoms. The van der Waals surface area contributed by atoms with E-state index in [4.69, 9.17) is 5.10 Å². The molecular weight excluding hydrogens is 464 g/mol. The summed E-state index contributed by atoms with van der Waals surface area (Å²) in [6, 6.07) is 20.0. The average molecular weight is 489 g/mol. The van der Waals surface area contributed by atoms with Crippen LogP contribution in [0.25, 0.3) is 0 Å². The summed E-state index contributed by atoms with van der Waals surface area (Å²) >= 11 is 2.97. The summed E-state index contributed by atoms with van der Waals surface area (Å²) in [6.07, 6.45) is 0.797. The van der Waals surface area contributed by atoms with E-state index < -0.39 is 5.25 Å². The Hall–Kier alpha value is -3.23. The number of carbonyl (C=O) groups is 2. The number of thiophene rings is 1. The molecule has 0 fully saturated rings. The van der Waals surface area contributed by atoms with Crippen LogP contribution in [-0.2, 0) is 9.59 Å². The Morgan fingerprint density at radius 1 is 1.12 bits per heavy atom. The summed E-state index contributed by atoms with van der Waals surface area (Å²) < 4.78 is 0. The predicted molar refractivity (Wildman–Crippen MR) is 139 cm³/mol. The van der Waals surface area contributed by atoms with Gasteiger partial charge in [-0.3, -0.25) is 9.59 Å². The maximum Gasteiger partial charge on any atom is 0.262 e. The molecule has 1 aromatic heterocycles. The summed E-state index contributed by atoms with van der Waals surface area (Å²) in [5.74, 6) is -0.486. The summed E-state index contributed by atoms with van der Waals surface area (Å²) in [4.78, 5) is 30.9. The van der Waals surface area contributed by atoms with Crippen LogP contribution in [0.1, 0.15) is 40.5 Å². The quantitative estimate of drug-likeness (QED) is 0.512. The SMILES string of the molecule is Cc1ccc(NC(=O)C[C@@H]2SC(N3N=C(c4cccs4)C[C@H]3c3ccccc3)=NC2=O)c(C)c1. The third kappa shape index (κ3) is 4.69. The van der Waals surface area contributed by atoms with Crippen molar-refractivity contribution in [3.05, 3.63) is 87.6 Å². The van der Waals surface area contributed by atoms with Crippen LogP contribution in [-0.4, -0.2) is 33.0 Å². The van der Waals surface area contributed by atoms with Crippen LogP contribution in [0.5, 0.6) is 0 Å². The van der Waals surface area contributed by atoms with Gasteiger partial charge < -0.3 is 5.32 Å². The van der Waals surface area contributed by atoms with Crippen LogP contribution >= 0.6 is 23.1 Å². The van der Waals surface area contributed by atoms with Crippen molar-refractivity contribution in [1.29, 1.82) is 0 Å². The van der Waals surface area contributed by atoms with Gasteiger partial charge in [0.05, 0.1) is 16.6 Å². The first-order chi connectivity index (χ1) is 16.5. The van der Waals surface area contributed by atoms with Crippen molar-refractivity contribution in [2.24, 2.45) is 10.1 Å². The summed E-state index contributed by atoms with van der Waals surface area (Å²) in [5, 5.41) is 11.7. The number of aryl methyl sites for hydroxylation is 2. The lowest BCUT2D eigenvalue weighted by molar-refractivity contribution is -0.121. The van der Waals surface area contributed by atoms with Crippen molar-refractivity contribution in [1.82, 2.24) is 5.01 Å². The van der Waals surface area contributed by atoms with E-state index in [1.165, 1.54) is 11.8 Å². The fraction of sp³-hybridized carbons (Fsp3) is 0.231. The van der Waals surface area contributed by atoms with E-state index in [0.29, 0.717) is 5.17 Å². The van der Waals surface area contributed by atoms with Gasteiger partial charge in [-0.15, -0.1) is 11.3 Å². The van der Waals surface area contributed by atoms with Gasteiger partial charge in [0.2, 0.25) is 5.91 Å². The van der Waals surface area contributed by atoms with Crippen LogP contribution in [0.3, 0.4) is 0 Å². The monoisotopic (exact) mass is 488 g/mol. The van der Waals surface area contributed by atoms with Gasteiger partial charge in [0.15, 0.2) is 5.17 Å². The van der Waals surface area contributed by atoms with Crippen molar-refractivity contribution in [3.63, 3.8) is 0 Å². The van der Waals surface area contributed by atoms with Crippen molar-refractivity contribution >= 4 is 51.5 Å². The number of amidine groups is 1. The highest BCUT2D eigenvalue weighted by Gasteiger charge is 2.39. The first kappa shape index (κ1) is 22.6. The van der Waals surface area contributed by atoms with Crippen LogP contribution < -0.4 is 5.32 Å². The minimum atomic E-state index is -0.557. The number of thioether (sulfide) groups is 1. The zero-order valence-corrected chi connectivity index (χ0v) is 20.5. The largest absolute Gasteiger partial charge is 0.326 e. The molecule has 0 aliphatic carbocycles. The number of hydrazone groups is 1. The molecule has 0 unspecified atom stereocenters. The Morgan fingerprint density at radius 2 is 1.94 bits per heavy atom. The molecule has 2 aromatic carbocycles. The molecule has 3 heterocycles. The molecule has 2 aliphatic rings. The van der Waals surface area contributed by atoms with E-state index in [1.54, 1.807) is 11.3 Å². The zero-order valence-electron chi connectivity index (χ0n) is 18.9. The number of rotatable bonds is 5. The summed E-state index contributed by atoms with van der Waals surface area (Å²) in [7, 11) is 0. The molecule has 0 bridgehead atoms. The molecule has 2 aliphatic heterocycles. The number of aliphatic imine (C=N–C) groups is 1. The predicted octanol–water partition coefficient (Wildman–Crippen LogP) is 5.54. The second-order valence-corrected chi connectivity index (χ2v) is 10.5.